The Morgan fingerprint density at radius 3 is 2.61 bits per heavy atom. The van der Waals surface area contributed by atoms with E-state index in [1.54, 1.807) is 35.0 Å². The largest absolute Gasteiger partial charge is 0.293 e. The van der Waals surface area contributed by atoms with E-state index in [1.165, 1.54) is 11.8 Å². The summed E-state index contributed by atoms with van der Waals surface area (Å²) in [5.74, 6) is 0.145. The maximum absolute atomic E-state index is 12.5. The van der Waals surface area contributed by atoms with E-state index in [2.05, 4.69) is 31.1 Å². The molecule has 0 aliphatic heterocycles. The van der Waals surface area contributed by atoms with Crippen molar-refractivity contribution in [2.75, 3.05) is 5.75 Å². The fraction of sp³-hybridized carbons (Fsp3) is 0.0526. The number of nitrogens with one attached hydrogen (secondary N) is 2. The van der Waals surface area contributed by atoms with Crippen molar-refractivity contribution in [3.63, 3.8) is 0 Å². The molecule has 28 heavy (non-hydrogen) atoms. The summed E-state index contributed by atoms with van der Waals surface area (Å²) in [6.45, 7) is 0. The molecule has 2 aromatic heterocycles. The van der Waals surface area contributed by atoms with Crippen LogP contribution in [0.25, 0.3) is 16.7 Å². The minimum atomic E-state index is -0.0398. The third-order valence-electron chi connectivity index (χ3n) is 4.08. The number of carbonyl (C=O) groups is 1. The van der Waals surface area contributed by atoms with Gasteiger partial charge in [-0.25, -0.2) is 4.98 Å². The van der Waals surface area contributed by atoms with Crippen molar-refractivity contribution in [2.45, 2.75) is 5.16 Å². The Balaban J connectivity index is 1.72. The highest BCUT2D eigenvalue weighted by Gasteiger charge is 2.15. The second-order valence-electron chi connectivity index (χ2n) is 5.91. The fourth-order valence-electron chi connectivity index (χ4n) is 2.68. The molecule has 0 atom stereocenters. The number of fused-ring (bicyclic) bond motifs is 1. The van der Waals surface area contributed by atoms with Crippen molar-refractivity contribution in [1.82, 2.24) is 19.7 Å². The molecule has 0 radical (unpaired) electrons. The van der Waals surface area contributed by atoms with Gasteiger partial charge in [0.2, 0.25) is 0 Å². The van der Waals surface area contributed by atoms with Crippen LogP contribution in [-0.4, -0.2) is 31.3 Å². The second kappa shape index (κ2) is 7.90. The number of H-pyrrole nitrogens is 1. The Morgan fingerprint density at radius 2 is 1.89 bits per heavy atom. The molecule has 2 aromatic carbocycles. The van der Waals surface area contributed by atoms with Crippen LogP contribution in [0.3, 0.4) is 0 Å². The molecule has 2 heterocycles. The average molecular weight is 475 g/mol. The number of benzene rings is 2. The lowest BCUT2D eigenvalue weighted by atomic mass is 10.1. The predicted molar refractivity (Wildman–Crippen MR) is 113 cm³/mol. The molecule has 0 amide bonds. The van der Waals surface area contributed by atoms with E-state index < -0.39 is 0 Å². The standard InChI is InChI=1S/C19H13BrClN5OS/c20-12-3-7-14(8-4-12)26-17(22)15-9-23-25-18(15)24-19(26)28-10-16(27)11-1-5-13(21)6-2-11/h1-9,22H,10H2,(H,23,25). The number of thioether (sulfide) groups is 1. The van der Waals surface area contributed by atoms with E-state index in [4.69, 9.17) is 17.0 Å². The predicted octanol–water partition coefficient (Wildman–Crippen LogP) is 4.62. The first-order chi connectivity index (χ1) is 13.5. The first kappa shape index (κ1) is 18.9. The van der Waals surface area contributed by atoms with Crippen LogP contribution in [0.1, 0.15) is 10.4 Å². The third-order valence-corrected chi connectivity index (χ3v) is 5.80. The summed E-state index contributed by atoms with van der Waals surface area (Å²) in [4.78, 5) is 17.1. The van der Waals surface area contributed by atoms with Crippen molar-refractivity contribution in [3.05, 3.63) is 75.3 Å². The van der Waals surface area contributed by atoms with E-state index in [0.29, 0.717) is 26.8 Å². The number of ketones is 1. The average Bonchev–Trinajstić information content (AvgIpc) is 3.17. The van der Waals surface area contributed by atoms with Gasteiger partial charge < -0.3 is 0 Å². The van der Waals surface area contributed by atoms with Crippen LogP contribution in [-0.2, 0) is 0 Å². The van der Waals surface area contributed by atoms with Crippen molar-refractivity contribution in [3.8, 4) is 5.69 Å². The zero-order valence-electron chi connectivity index (χ0n) is 14.3. The fourth-order valence-corrected chi connectivity index (χ4v) is 3.97. The Bertz CT molecular complexity index is 1220. The number of nitrogens with zero attached hydrogens (tertiary/aromatic N) is 3. The van der Waals surface area contributed by atoms with Crippen molar-refractivity contribution in [1.29, 1.82) is 5.41 Å². The quantitative estimate of drug-likeness (QED) is 0.251. The topological polar surface area (TPSA) is 87.4 Å². The van der Waals surface area contributed by atoms with Crippen molar-refractivity contribution >= 4 is 56.1 Å². The Labute approximate surface area is 177 Å². The normalized spacial score (nSPS) is 11.1. The third kappa shape index (κ3) is 3.76. The van der Waals surface area contributed by atoms with Gasteiger partial charge >= 0.3 is 0 Å². The first-order valence-corrected chi connectivity index (χ1v) is 10.4. The molecule has 2 N–H and O–H groups in total. The molecule has 0 aliphatic carbocycles. The number of aromatic nitrogens is 4. The molecule has 0 saturated carbocycles. The first-order valence-electron chi connectivity index (χ1n) is 8.21. The highest BCUT2D eigenvalue weighted by atomic mass is 79.9. The van der Waals surface area contributed by atoms with Gasteiger partial charge in [-0.05, 0) is 48.5 Å². The van der Waals surface area contributed by atoms with Crippen LogP contribution >= 0.6 is 39.3 Å². The summed E-state index contributed by atoms with van der Waals surface area (Å²) in [5.41, 5.74) is 2.13. The van der Waals surface area contributed by atoms with Crippen LogP contribution in [0.4, 0.5) is 0 Å². The highest BCUT2D eigenvalue weighted by molar-refractivity contribution is 9.10. The molecule has 9 heteroatoms. The lowest BCUT2D eigenvalue weighted by Crippen LogP contribution is -2.22. The van der Waals surface area contributed by atoms with Gasteiger partial charge in [0, 0.05) is 20.7 Å². The number of aromatic amines is 1. The molecule has 4 aromatic rings. The lowest BCUT2D eigenvalue weighted by Gasteiger charge is -2.13. The van der Waals surface area contributed by atoms with Crippen LogP contribution in [0.2, 0.25) is 5.02 Å². The summed E-state index contributed by atoms with van der Waals surface area (Å²) in [6, 6.07) is 14.4. The molecule has 6 nitrogen and oxygen atoms in total. The van der Waals surface area contributed by atoms with Gasteiger partial charge in [0.25, 0.3) is 0 Å². The molecular weight excluding hydrogens is 462 g/mol. The molecule has 0 spiro atoms. The zero-order chi connectivity index (χ0) is 19.7. The van der Waals surface area contributed by atoms with Gasteiger partial charge in [0.1, 0.15) is 5.49 Å². The van der Waals surface area contributed by atoms with Crippen molar-refractivity contribution in [2.24, 2.45) is 0 Å². The Kier molecular flexibility index (Phi) is 5.34. The van der Waals surface area contributed by atoms with E-state index in [0.717, 1.165) is 10.2 Å². The molecular formula is C19H13BrClN5OS. The van der Waals surface area contributed by atoms with Gasteiger partial charge in [-0.15, -0.1) is 0 Å². The molecule has 0 bridgehead atoms. The molecule has 140 valence electrons. The number of halogens is 2. The molecule has 0 saturated heterocycles. The number of rotatable bonds is 5. The minimum absolute atomic E-state index is 0.0398. The van der Waals surface area contributed by atoms with Gasteiger partial charge in [-0.1, -0.05) is 39.3 Å². The molecule has 4 rings (SSSR count). The van der Waals surface area contributed by atoms with E-state index in [1.807, 2.05) is 24.3 Å². The van der Waals surface area contributed by atoms with Gasteiger partial charge in [0.05, 0.1) is 17.3 Å². The lowest BCUT2D eigenvalue weighted by molar-refractivity contribution is 0.102. The van der Waals surface area contributed by atoms with Crippen LogP contribution < -0.4 is 5.49 Å². The zero-order valence-corrected chi connectivity index (χ0v) is 17.5. The summed E-state index contributed by atoms with van der Waals surface area (Å²) in [5, 5.41) is 17.1. The van der Waals surface area contributed by atoms with E-state index >= 15 is 0 Å². The number of hydrogen-bond acceptors (Lipinski definition) is 5. The van der Waals surface area contributed by atoms with E-state index in [-0.39, 0.29) is 17.0 Å². The van der Waals surface area contributed by atoms with E-state index in [9.17, 15) is 4.79 Å². The number of Topliss-reactive ketones (excluding diaryl/α,β-unsaturated/α-hetero) is 1. The summed E-state index contributed by atoms with van der Waals surface area (Å²) in [7, 11) is 0. The number of hydrogen-bond donors (Lipinski definition) is 2. The minimum Gasteiger partial charge on any atom is -0.293 e. The maximum Gasteiger partial charge on any atom is 0.176 e. The highest BCUT2D eigenvalue weighted by Crippen LogP contribution is 2.23. The van der Waals surface area contributed by atoms with Crippen molar-refractivity contribution < 1.29 is 4.79 Å². The van der Waals surface area contributed by atoms with Crippen LogP contribution in [0.5, 0.6) is 0 Å². The van der Waals surface area contributed by atoms with Crippen LogP contribution in [0, 0.1) is 5.41 Å². The van der Waals surface area contributed by atoms with Gasteiger partial charge in [0.15, 0.2) is 16.6 Å². The molecule has 0 unspecified atom stereocenters. The molecule has 0 fully saturated rings. The summed E-state index contributed by atoms with van der Waals surface area (Å²) >= 11 is 10.6. The summed E-state index contributed by atoms with van der Waals surface area (Å²) in [6.07, 6.45) is 1.58. The monoisotopic (exact) mass is 473 g/mol. The molecule has 0 aliphatic rings. The van der Waals surface area contributed by atoms with Crippen LogP contribution in [0.15, 0.2) is 64.4 Å². The Morgan fingerprint density at radius 1 is 1.18 bits per heavy atom. The smallest absolute Gasteiger partial charge is 0.176 e. The summed E-state index contributed by atoms with van der Waals surface area (Å²) < 4.78 is 2.65. The van der Waals surface area contributed by atoms with Gasteiger partial charge in [-0.2, -0.15) is 5.10 Å². The van der Waals surface area contributed by atoms with Gasteiger partial charge in [-0.3, -0.25) is 19.9 Å². The maximum atomic E-state index is 12.5. The second-order valence-corrected chi connectivity index (χ2v) is 8.20. The SMILES string of the molecule is N=c1c2cn[nH]c2nc(SCC(=O)c2ccc(Cl)cc2)n1-c1ccc(Br)cc1. The Hall–Kier alpha value is -2.42. The number of carbonyl (C=O) groups excluding carboxylic acids is 1.